The van der Waals surface area contributed by atoms with Crippen LogP contribution in [0.5, 0.6) is 0 Å². The maximum Gasteiger partial charge on any atom is 0.261 e. The summed E-state index contributed by atoms with van der Waals surface area (Å²) in [5.74, 6) is 2.30. The summed E-state index contributed by atoms with van der Waals surface area (Å²) in [5, 5.41) is 3.33. The summed E-state index contributed by atoms with van der Waals surface area (Å²) in [6.45, 7) is 16.8. The minimum Gasteiger partial charge on any atom is -0.274 e. The van der Waals surface area contributed by atoms with Gasteiger partial charge in [0.05, 0.1) is 0 Å². The monoisotopic (exact) mass is 674 g/mol. The number of hydrogen-bond donors (Lipinski definition) is 0. The molecule has 2 aliphatic rings. The molecule has 0 spiro atoms. The van der Waals surface area contributed by atoms with Crippen molar-refractivity contribution in [3.63, 3.8) is 0 Å². The Morgan fingerprint density at radius 2 is 0.702 bits per heavy atom. The molecule has 0 N–H and O–H groups in total. The zero-order chi connectivity index (χ0) is 34.9. The normalized spacial score (nSPS) is 12.7. The standard InChI is InChI=1S/C31H26N2O4S2.4C2H6/c34-28-22-10-1-6-20-7-2-11-23(26(20)22)29(35)32(28)14-18-38-16-5-17-39-19-15-33-30(36)24-12-3-8-21-9-4-13-25(27(21)24)31(33)37;4*1-2/h1-4,6-13H,5,14-19H2;4*1-2H3. The minimum atomic E-state index is -0.221. The second-order valence-electron chi connectivity index (χ2n) is 9.52. The van der Waals surface area contributed by atoms with Gasteiger partial charge in [0, 0.05) is 57.6 Å². The van der Waals surface area contributed by atoms with Gasteiger partial charge < -0.3 is 0 Å². The summed E-state index contributed by atoms with van der Waals surface area (Å²) >= 11 is 3.45. The second kappa shape index (κ2) is 20.6. The Labute approximate surface area is 289 Å². The molecule has 4 aromatic carbocycles. The fourth-order valence-corrected chi connectivity index (χ4v) is 7.26. The van der Waals surface area contributed by atoms with Crippen LogP contribution in [0.2, 0.25) is 0 Å². The molecule has 0 fully saturated rings. The lowest BCUT2D eigenvalue weighted by molar-refractivity contribution is 0.0605. The molecule has 2 heterocycles. The van der Waals surface area contributed by atoms with Crippen molar-refractivity contribution in [3.05, 3.63) is 95.1 Å². The quantitative estimate of drug-likeness (QED) is 0.123. The summed E-state index contributed by atoms with van der Waals surface area (Å²) in [6, 6.07) is 22.3. The fourth-order valence-electron chi connectivity index (χ4n) is 5.35. The number of carbonyl (C=O) groups is 4. The molecule has 2 aliphatic heterocycles. The molecule has 0 radical (unpaired) electrons. The Morgan fingerprint density at radius 3 is 0.979 bits per heavy atom. The van der Waals surface area contributed by atoms with Crippen LogP contribution in [0.1, 0.15) is 103 Å². The van der Waals surface area contributed by atoms with E-state index in [1.54, 1.807) is 47.8 Å². The topological polar surface area (TPSA) is 74.8 Å². The lowest BCUT2D eigenvalue weighted by Crippen LogP contribution is -2.41. The zero-order valence-electron chi connectivity index (χ0n) is 29.2. The van der Waals surface area contributed by atoms with E-state index in [9.17, 15) is 19.2 Å². The summed E-state index contributed by atoms with van der Waals surface area (Å²) < 4.78 is 0. The molecule has 0 aromatic heterocycles. The van der Waals surface area contributed by atoms with E-state index < -0.39 is 0 Å². The number of rotatable bonds is 10. The largest absolute Gasteiger partial charge is 0.274 e. The third-order valence-corrected chi connectivity index (χ3v) is 9.30. The van der Waals surface area contributed by atoms with Gasteiger partial charge >= 0.3 is 0 Å². The maximum absolute atomic E-state index is 13.0. The molecule has 4 amide bonds. The van der Waals surface area contributed by atoms with Gasteiger partial charge in [0.1, 0.15) is 0 Å². The van der Waals surface area contributed by atoms with Crippen LogP contribution < -0.4 is 0 Å². The Kier molecular flexibility index (Phi) is 17.3. The van der Waals surface area contributed by atoms with Crippen molar-refractivity contribution in [1.29, 1.82) is 0 Å². The minimum absolute atomic E-state index is 0.221. The molecule has 47 heavy (non-hydrogen) atoms. The Morgan fingerprint density at radius 1 is 0.426 bits per heavy atom. The van der Waals surface area contributed by atoms with E-state index in [4.69, 9.17) is 0 Å². The molecule has 0 saturated heterocycles. The second-order valence-corrected chi connectivity index (χ2v) is 12.0. The zero-order valence-corrected chi connectivity index (χ0v) is 30.9. The van der Waals surface area contributed by atoms with E-state index in [0.717, 1.165) is 39.5 Å². The Bertz CT molecular complexity index is 1430. The molecular formula is C39H50N2O4S2. The van der Waals surface area contributed by atoms with Crippen molar-refractivity contribution in [2.75, 3.05) is 36.1 Å². The molecule has 4 aromatic rings. The number of imide groups is 2. The van der Waals surface area contributed by atoms with Gasteiger partial charge in [0.2, 0.25) is 0 Å². The number of hydrogen-bond acceptors (Lipinski definition) is 6. The average Bonchev–Trinajstić information content (AvgIpc) is 3.14. The molecule has 0 bridgehead atoms. The van der Waals surface area contributed by atoms with Crippen LogP contribution in [-0.4, -0.2) is 69.5 Å². The molecular weight excluding hydrogens is 625 g/mol. The first kappa shape index (κ1) is 39.6. The van der Waals surface area contributed by atoms with Gasteiger partial charge in [-0.05, 0) is 53.0 Å². The van der Waals surface area contributed by atoms with Gasteiger partial charge in [0.15, 0.2) is 0 Å². The van der Waals surface area contributed by atoms with Crippen molar-refractivity contribution in [2.24, 2.45) is 0 Å². The van der Waals surface area contributed by atoms with E-state index in [0.29, 0.717) is 46.8 Å². The molecule has 0 saturated carbocycles. The van der Waals surface area contributed by atoms with Crippen LogP contribution in [0, 0.1) is 0 Å². The average molecular weight is 675 g/mol. The van der Waals surface area contributed by atoms with Crippen molar-refractivity contribution < 1.29 is 19.2 Å². The highest BCUT2D eigenvalue weighted by molar-refractivity contribution is 8.00. The smallest absolute Gasteiger partial charge is 0.261 e. The van der Waals surface area contributed by atoms with E-state index in [1.807, 2.05) is 104 Å². The van der Waals surface area contributed by atoms with Crippen LogP contribution in [0.15, 0.2) is 72.8 Å². The Hall–Kier alpha value is -3.62. The first-order chi connectivity index (χ1) is 23.1. The first-order valence-corrected chi connectivity index (χ1v) is 19.3. The first-order valence-electron chi connectivity index (χ1n) is 17.0. The van der Waals surface area contributed by atoms with E-state index >= 15 is 0 Å². The fraction of sp³-hybridized carbons (Fsp3) is 0.385. The predicted octanol–water partition coefficient (Wildman–Crippen LogP) is 9.85. The number of amides is 4. The SMILES string of the molecule is CC.CC.CC.CC.O=C1c2cccc3cccc(c23)C(=O)N1CCSCCCSCCN1C(=O)c2cccc3cccc(c23)C1=O. The summed E-state index contributed by atoms with van der Waals surface area (Å²) in [4.78, 5) is 54.7. The lowest BCUT2D eigenvalue weighted by atomic mass is 9.94. The van der Waals surface area contributed by atoms with Gasteiger partial charge in [-0.15, -0.1) is 0 Å². The Balaban J connectivity index is 0.000000894. The van der Waals surface area contributed by atoms with Crippen LogP contribution in [0.25, 0.3) is 21.5 Å². The van der Waals surface area contributed by atoms with Gasteiger partial charge in [-0.1, -0.05) is 104 Å². The molecule has 6 rings (SSSR count). The van der Waals surface area contributed by atoms with Crippen molar-refractivity contribution in [1.82, 2.24) is 9.80 Å². The third-order valence-electron chi connectivity index (χ3n) is 7.21. The number of benzene rings is 4. The number of thioether (sulfide) groups is 2. The van der Waals surface area contributed by atoms with Gasteiger partial charge in [0.25, 0.3) is 23.6 Å². The van der Waals surface area contributed by atoms with E-state index in [2.05, 4.69) is 0 Å². The summed E-state index contributed by atoms with van der Waals surface area (Å²) in [5.41, 5.74) is 2.37. The number of nitrogens with zero attached hydrogens (tertiary/aromatic N) is 2. The van der Waals surface area contributed by atoms with E-state index in [1.165, 1.54) is 9.80 Å². The molecule has 8 heteroatoms. The summed E-state index contributed by atoms with van der Waals surface area (Å²) in [6.07, 6.45) is 0.962. The molecule has 0 aliphatic carbocycles. The van der Waals surface area contributed by atoms with Crippen LogP contribution in [0.4, 0.5) is 0 Å². The third kappa shape index (κ3) is 8.85. The molecule has 0 atom stereocenters. The van der Waals surface area contributed by atoms with Gasteiger partial charge in [-0.25, -0.2) is 0 Å². The number of carbonyl (C=O) groups excluding carboxylic acids is 4. The highest BCUT2D eigenvalue weighted by Crippen LogP contribution is 2.31. The predicted molar refractivity (Wildman–Crippen MR) is 203 cm³/mol. The van der Waals surface area contributed by atoms with Crippen LogP contribution in [0.3, 0.4) is 0 Å². The molecule has 252 valence electrons. The van der Waals surface area contributed by atoms with Crippen molar-refractivity contribution in [2.45, 2.75) is 61.8 Å². The van der Waals surface area contributed by atoms with Crippen molar-refractivity contribution in [3.8, 4) is 0 Å². The molecule has 6 nitrogen and oxygen atoms in total. The highest BCUT2D eigenvalue weighted by Gasteiger charge is 2.33. The van der Waals surface area contributed by atoms with Crippen LogP contribution >= 0.6 is 23.5 Å². The van der Waals surface area contributed by atoms with Gasteiger partial charge in [-0.2, -0.15) is 23.5 Å². The van der Waals surface area contributed by atoms with Gasteiger partial charge in [-0.3, -0.25) is 29.0 Å². The maximum atomic E-state index is 13.0. The summed E-state index contributed by atoms with van der Waals surface area (Å²) in [7, 11) is 0. The van der Waals surface area contributed by atoms with E-state index in [-0.39, 0.29) is 23.6 Å². The molecule has 0 unspecified atom stereocenters. The van der Waals surface area contributed by atoms with Crippen molar-refractivity contribution >= 4 is 68.7 Å². The van der Waals surface area contributed by atoms with Crippen LogP contribution in [-0.2, 0) is 0 Å². The highest BCUT2D eigenvalue weighted by atomic mass is 32.2. The lowest BCUT2D eigenvalue weighted by Gasteiger charge is -2.27.